The number of benzene rings is 2. The first-order valence-electron chi connectivity index (χ1n) is 7.95. The van der Waals surface area contributed by atoms with Crippen LogP contribution in [0.15, 0.2) is 71.3 Å². The van der Waals surface area contributed by atoms with Crippen LogP contribution in [-0.4, -0.2) is 30.1 Å². The molecule has 0 saturated heterocycles. The molecule has 2 aliphatic rings. The SMILES string of the molecule is COc1cccc(-c2ccc(C3=CC=CN4CCSN=C34)cc2)c1. The second-order valence-electron chi connectivity index (χ2n) is 5.67. The van der Waals surface area contributed by atoms with Crippen LogP contribution in [0.1, 0.15) is 5.56 Å². The Morgan fingerprint density at radius 1 is 1.04 bits per heavy atom. The molecule has 0 amide bonds. The second-order valence-corrected chi connectivity index (χ2v) is 6.52. The third kappa shape index (κ3) is 2.85. The van der Waals surface area contributed by atoms with Gasteiger partial charge in [-0.25, -0.2) is 0 Å². The highest BCUT2D eigenvalue weighted by Crippen LogP contribution is 2.29. The lowest BCUT2D eigenvalue weighted by atomic mass is 9.98. The fraction of sp³-hybridized carbons (Fsp3) is 0.150. The molecule has 0 aliphatic carbocycles. The Balaban J connectivity index is 1.65. The van der Waals surface area contributed by atoms with Crippen molar-refractivity contribution in [2.45, 2.75) is 0 Å². The van der Waals surface area contributed by atoms with Crippen molar-refractivity contribution in [3.63, 3.8) is 0 Å². The lowest BCUT2D eigenvalue weighted by Gasteiger charge is -2.29. The van der Waals surface area contributed by atoms with E-state index in [0.29, 0.717) is 0 Å². The molecule has 0 aromatic heterocycles. The van der Waals surface area contributed by atoms with Gasteiger partial charge >= 0.3 is 0 Å². The van der Waals surface area contributed by atoms with Crippen molar-refractivity contribution in [3.8, 4) is 16.9 Å². The maximum absolute atomic E-state index is 5.31. The molecule has 0 radical (unpaired) electrons. The molecule has 3 nitrogen and oxygen atoms in total. The Bertz CT molecular complexity index is 837. The molecule has 0 bridgehead atoms. The molecular formula is C20H18N2OS. The summed E-state index contributed by atoms with van der Waals surface area (Å²) in [5.74, 6) is 2.97. The monoisotopic (exact) mass is 334 g/mol. The van der Waals surface area contributed by atoms with E-state index in [2.05, 4.69) is 64.0 Å². The average molecular weight is 334 g/mol. The second kappa shape index (κ2) is 6.57. The van der Waals surface area contributed by atoms with E-state index in [1.54, 1.807) is 19.1 Å². The minimum absolute atomic E-state index is 0.876. The van der Waals surface area contributed by atoms with Gasteiger partial charge in [-0.1, -0.05) is 36.4 Å². The van der Waals surface area contributed by atoms with Gasteiger partial charge in [0.15, 0.2) is 0 Å². The van der Waals surface area contributed by atoms with Crippen LogP contribution in [0.3, 0.4) is 0 Å². The summed E-state index contributed by atoms with van der Waals surface area (Å²) >= 11 is 1.64. The van der Waals surface area contributed by atoms with Crippen molar-refractivity contribution in [3.05, 3.63) is 72.4 Å². The van der Waals surface area contributed by atoms with Gasteiger partial charge < -0.3 is 9.64 Å². The lowest BCUT2D eigenvalue weighted by Crippen LogP contribution is -2.32. The molecule has 2 heterocycles. The van der Waals surface area contributed by atoms with Crippen molar-refractivity contribution in [2.24, 2.45) is 4.40 Å². The van der Waals surface area contributed by atoms with Crippen LogP contribution in [0.5, 0.6) is 5.75 Å². The van der Waals surface area contributed by atoms with E-state index in [0.717, 1.165) is 29.4 Å². The molecule has 120 valence electrons. The maximum atomic E-state index is 5.31. The number of nitrogens with zero attached hydrogens (tertiary/aromatic N) is 2. The molecule has 0 unspecified atom stereocenters. The number of fused-ring (bicyclic) bond motifs is 1. The summed E-state index contributed by atoms with van der Waals surface area (Å²) in [6.07, 6.45) is 6.34. The normalized spacial score (nSPS) is 16.3. The number of allylic oxidation sites excluding steroid dienone is 2. The van der Waals surface area contributed by atoms with Gasteiger partial charge in [-0.05, 0) is 52.9 Å². The number of methoxy groups -OCH3 is 1. The number of hydrogen-bond donors (Lipinski definition) is 0. The van der Waals surface area contributed by atoms with Gasteiger partial charge in [0, 0.05) is 24.1 Å². The van der Waals surface area contributed by atoms with Gasteiger partial charge in [0.2, 0.25) is 0 Å². The quantitative estimate of drug-likeness (QED) is 0.765. The van der Waals surface area contributed by atoms with Crippen molar-refractivity contribution in [1.82, 2.24) is 4.90 Å². The van der Waals surface area contributed by atoms with Gasteiger partial charge in [-0.2, -0.15) is 4.40 Å². The van der Waals surface area contributed by atoms with Gasteiger partial charge in [0.05, 0.1) is 7.11 Å². The van der Waals surface area contributed by atoms with Gasteiger partial charge in [-0.15, -0.1) is 0 Å². The average Bonchev–Trinajstić information content (AvgIpc) is 2.68. The topological polar surface area (TPSA) is 24.8 Å². The van der Waals surface area contributed by atoms with Crippen molar-refractivity contribution < 1.29 is 4.74 Å². The van der Waals surface area contributed by atoms with E-state index in [1.807, 2.05) is 12.1 Å². The van der Waals surface area contributed by atoms with E-state index >= 15 is 0 Å². The van der Waals surface area contributed by atoms with Crippen molar-refractivity contribution in [2.75, 3.05) is 19.4 Å². The van der Waals surface area contributed by atoms with Crippen molar-refractivity contribution in [1.29, 1.82) is 0 Å². The third-order valence-corrected chi connectivity index (χ3v) is 4.88. The zero-order valence-electron chi connectivity index (χ0n) is 13.5. The van der Waals surface area contributed by atoms with E-state index in [9.17, 15) is 0 Å². The summed E-state index contributed by atoms with van der Waals surface area (Å²) in [6, 6.07) is 16.8. The molecule has 4 rings (SSSR count). The van der Waals surface area contributed by atoms with Crippen molar-refractivity contribution >= 4 is 23.4 Å². The first-order valence-corrected chi connectivity index (χ1v) is 8.90. The maximum Gasteiger partial charge on any atom is 0.148 e. The van der Waals surface area contributed by atoms with Crippen LogP contribution in [0, 0.1) is 0 Å². The molecule has 0 fully saturated rings. The largest absolute Gasteiger partial charge is 0.497 e. The predicted molar refractivity (Wildman–Crippen MR) is 102 cm³/mol. The van der Waals surface area contributed by atoms with Crippen LogP contribution in [0.4, 0.5) is 0 Å². The fourth-order valence-electron chi connectivity index (χ4n) is 2.94. The van der Waals surface area contributed by atoms with Gasteiger partial charge in [-0.3, -0.25) is 0 Å². The summed E-state index contributed by atoms with van der Waals surface area (Å²) in [5, 5.41) is 0. The number of rotatable bonds is 3. The first-order chi connectivity index (χ1) is 11.8. The summed E-state index contributed by atoms with van der Waals surface area (Å²) in [5.41, 5.74) is 4.71. The van der Waals surface area contributed by atoms with Crippen LogP contribution in [0.2, 0.25) is 0 Å². The highest BCUT2D eigenvalue weighted by molar-refractivity contribution is 7.98. The number of amidine groups is 1. The summed E-state index contributed by atoms with van der Waals surface area (Å²) in [7, 11) is 1.69. The van der Waals surface area contributed by atoms with E-state index in [1.165, 1.54) is 16.7 Å². The lowest BCUT2D eigenvalue weighted by molar-refractivity contribution is 0.415. The van der Waals surface area contributed by atoms with Crippen LogP contribution in [0.25, 0.3) is 16.7 Å². The Kier molecular flexibility index (Phi) is 4.13. The molecule has 4 heteroatoms. The van der Waals surface area contributed by atoms with E-state index in [4.69, 9.17) is 4.74 Å². The highest BCUT2D eigenvalue weighted by atomic mass is 32.2. The first kappa shape index (κ1) is 15.1. The van der Waals surface area contributed by atoms with E-state index < -0.39 is 0 Å². The summed E-state index contributed by atoms with van der Waals surface area (Å²) < 4.78 is 9.95. The smallest absolute Gasteiger partial charge is 0.148 e. The summed E-state index contributed by atoms with van der Waals surface area (Å²) in [4.78, 5) is 2.22. The van der Waals surface area contributed by atoms with Crippen LogP contribution < -0.4 is 4.74 Å². The Morgan fingerprint density at radius 2 is 1.88 bits per heavy atom. The zero-order chi connectivity index (χ0) is 16.4. The Labute approximate surface area is 146 Å². The minimum Gasteiger partial charge on any atom is -0.497 e. The minimum atomic E-state index is 0.876. The molecule has 2 aromatic carbocycles. The summed E-state index contributed by atoms with van der Waals surface area (Å²) in [6.45, 7) is 1.01. The standard InChI is InChI=1S/C20H18N2OS/c1-23-18-5-2-4-17(14-18)15-7-9-16(10-8-15)19-6-3-11-22-12-13-24-21-20(19)22/h2-11,14H,12-13H2,1H3. The molecule has 24 heavy (non-hydrogen) atoms. The van der Waals surface area contributed by atoms with Gasteiger partial charge in [0.1, 0.15) is 11.6 Å². The molecule has 0 N–H and O–H groups in total. The molecule has 0 atom stereocenters. The molecule has 2 aliphatic heterocycles. The number of hydrogen-bond acceptors (Lipinski definition) is 4. The zero-order valence-corrected chi connectivity index (χ0v) is 14.3. The molecular weight excluding hydrogens is 316 g/mol. The third-order valence-electron chi connectivity index (χ3n) is 4.22. The van der Waals surface area contributed by atoms with E-state index in [-0.39, 0.29) is 0 Å². The Hall–Kier alpha value is -2.46. The van der Waals surface area contributed by atoms with Crippen LogP contribution >= 0.6 is 11.9 Å². The van der Waals surface area contributed by atoms with Crippen LogP contribution in [-0.2, 0) is 0 Å². The molecule has 0 spiro atoms. The highest BCUT2D eigenvalue weighted by Gasteiger charge is 2.21. The predicted octanol–water partition coefficient (Wildman–Crippen LogP) is 4.64. The number of ether oxygens (including phenoxy) is 1. The Morgan fingerprint density at radius 3 is 2.71 bits per heavy atom. The fourth-order valence-corrected chi connectivity index (χ4v) is 3.64. The van der Waals surface area contributed by atoms with Gasteiger partial charge in [0.25, 0.3) is 0 Å². The molecule has 0 saturated carbocycles. The molecule has 2 aromatic rings.